The van der Waals surface area contributed by atoms with Gasteiger partial charge in [-0.1, -0.05) is 152 Å². The van der Waals surface area contributed by atoms with Crippen LogP contribution in [0.25, 0.3) is 65.3 Å². The van der Waals surface area contributed by atoms with Crippen molar-refractivity contribution in [2.24, 2.45) is 0 Å². The fraction of sp³-hybridized carbons (Fsp3) is 0. The molecule has 1 heteroatoms. The highest BCUT2D eigenvalue weighted by Gasteiger charge is 2.15. The normalized spacial score (nSPS) is 11.4. The molecule has 0 spiro atoms. The van der Waals surface area contributed by atoms with Crippen LogP contribution in [-0.2, 0) is 0 Å². The molecule has 0 fully saturated rings. The molecule has 0 unspecified atom stereocenters. The highest BCUT2D eigenvalue weighted by atomic mass is 15.1. The van der Waals surface area contributed by atoms with E-state index < -0.39 is 0 Å². The van der Waals surface area contributed by atoms with E-state index in [0.717, 1.165) is 17.1 Å². The molecule has 9 aromatic carbocycles. The van der Waals surface area contributed by atoms with Crippen LogP contribution in [0.4, 0.5) is 17.1 Å². The van der Waals surface area contributed by atoms with Gasteiger partial charge in [-0.2, -0.15) is 0 Å². The van der Waals surface area contributed by atoms with Crippen molar-refractivity contribution < 1.29 is 0 Å². The molecular weight excluding hydrogens is 567 g/mol. The Morgan fingerprint density at radius 1 is 0.234 bits per heavy atom. The summed E-state index contributed by atoms with van der Waals surface area (Å²) in [6.45, 7) is 0. The highest BCUT2D eigenvalue weighted by molar-refractivity contribution is 6.10. The summed E-state index contributed by atoms with van der Waals surface area (Å²) < 4.78 is 0. The molecule has 47 heavy (non-hydrogen) atoms. The van der Waals surface area contributed by atoms with Gasteiger partial charge in [0.05, 0.1) is 0 Å². The Hall–Kier alpha value is -6.18. The number of benzene rings is 9. The second kappa shape index (κ2) is 11.3. The van der Waals surface area contributed by atoms with Crippen molar-refractivity contribution in [3.05, 3.63) is 188 Å². The number of rotatable bonds is 5. The molecule has 0 atom stereocenters. The van der Waals surface area contributed by atoms with E-state index >= 15 is 0 Å². The minimum Gasteiger partial charge on any atom is -0.310 e. The maximum absolute atomic E-state index is 2.38. The summed E-state index contributed by atoms with van der Waals surface area (Å²) in [6.07, 6.45) is 0. The van der Waals surface area contributed by atoms with Crippen molar-refractivity contribution in [3.63, 3.8) is 0 Å². The first-order chi connectivity index (χ1) is 23.3. The van der Waals surface area contributed by atoms with Gasteiger partial charge in [-0.3, -0.25) is 0 Å². The summed E-state index contributed by atoms with van der Waals surface area (Å²) in [5.74, 6) is 0. The second-order valence-electron chi connectivity index (χ2n) is 12.2. The Kier molecular flexibility index (Phi) is 6.54. The lowest BCUT2D eigenvalue weighted by Crippen LogP contribution is -2.10. The quantitative estimate of drug-likeness (QED) is 0.178. The van der Waals surface area contributed by atoms with E-state index in [1.807, 2.05) is 0 Å². The Morgan fingerprint density at radius 3 is 1.11 bits per heavy atom. The van der Waals surface area contributed by atoms with Gasteiger partial charge in [-0.25, -0.2) is 0 Å². The Labute approximate surface area is 274 Å². The van der Waals surface area contributed by atoms with E-state index in [1.54, 1.807) is 0 Å². The van der Waals surface area contributed by atoms with Crippen LogP contribution in [0.1, 0.15) is 0 Å². The maximum Gasteiger partial charge on any atom is 0.0468 e. The van der Waals surface area contributed by atoms with Crippen molar-refractivity contribution in [1.82, 2.24) is 0 Å². The zero-order valence-corrected chi connectivity index (χ0v) is 25.8. The third-order valence-corrected chi connectivity index (χ3v) is 9.42. The number of hydrogen-bond acceptors (Lipinski definition) is 1. The van der Waals surface area contributed by atoms with Crippen molar-refractivity contribution in [3.8, 4) is 22.3 Å². The van der Waals surface area contributed by atoms with Crippen LogP contribution in [-0.4, -0.2) is 0 Å². The summed E-state index contributed by atoms with van der Waals surface area (Å²) in [7, 11) is 0. The van der Waals surface area contributed by atoms with Crippen molar-refractivity contribution in [2.75, 3.05) is 4.90 Å². The molecule has 9 aromatic rings. The number of anilines is 3. The van der Waals surface area contributed by atoms with E-state index in [1.165, 1.54) is 65.3 Å². The largest absolute Gasteiger partial charge is 0.310 e. The number of hydrogen-bond donors (Lipinski definition) is 0. The molecule has 0 saturated carbocycles. The van der Waals surface area contributed by atoms with Gasteiger partial charge in [0.15, 0.2) is 0 Å². The third-order valence-electron chi connectivity index (χ3n) is 9.42. The van der Waals surface area contributed by atoms with Crippen LogP contribution in [0.2, 0.25) is 0 Å². The van der Waals surface area contributed by atoms with Crippen LogP contribution in [0, 0.1) is 0 Å². The van der Waals surface area contributed by atoms with Gasteiger partial charge in [0.2, 0.25) is 0 Å². The van der Waals surface area contributed by atoms with Gasteiger partial charge in [0.1, 0.15) is 0 Å². The van der Waals surface area contributed by atoms with Gasteiger partial charge in [0, 0.05) is 17.1 Å². The highest BCUT2D eigenvalue weighted by Crippen LogP contribution is 2.40. The van der Waals surface area contributed by atoms with E-state index in [0.29, 0.717) is 0 Å². The predicted octanol–water partition coefficient (Wildman–Crippen LogP) is 13.1. The Bertz CT molecular complexity index is 2430. The van der Waals surface area contributed by atoms with E-state index in [2.05, 4.69) is 193 Å². The first kappa shape index (κ1) is 27.2. The zero-order chi connectivity index (χ0) is 31.2. The van der Waals surface area contributed by atoms with Crippen molar-refractivity contribution >= 4 is 60.2 Å². The number of fused-ring (bicyclic) bond motifs is 6. The van der Waals surface area contributed by atoms with E-state index in [9.17, 15) is 0 Å². The molecule has 0 heterocycles. The summed E-state index contributed by atoms with van der Waals surface area (Å²) in [5, 5.41) is 10.1. The Morgan fingerprint density at radius 2 is 0.596 bits per heavy atom. The lowest BCUT2D eigenvalue weighted by molar-refractivity contribution is 1.29. The van der Waals surface area contributed by atoms with Gasteiger partial charge in [0.25, 0.3) is 0 Å². The van der Waals surface area contributed by atoms with Gasteiger partial charge in [-0.05, 0) is 102 Å². The summed E-state index contributed by atoms with van der Waals surface area (Å²) in [4.78, 5) is 2.38. The molecule has 0 bridgehead atoms. The monoisotopic (exact) mass is 597 g/mol. The van der Waals surface area contributed by atoms with Crippen LogP contribution in [0.3, 0.4) is 0 Å². The average molecular weight is 598 g/mol. The molecule has 0 aromatic heterocycles. The topological polar surface area (TPSA) is 3.24 Å². The maximum atomic E-state index is 2.38. The summed E-state index contributed by atoms with van der Waals surface area (Å²) >= 11 is 0. The molecule has 0 N–H and O–H groups in total. The van der Waals surface area contributed by atoms with Crippen LogP contribution >= 0.6 is 0 Å². The van der Waals surface area contributed by atoms with Crippen molar-refractivity contribution in [1.29, 1.82) is 0 Å². The van der Waals surface area contributed by atoms with Crippen LogP contribution < -0.4 is 4.90 Å². The zero-order valence-electron chi connectivity index (χ0n) is 25.8. The molecule has 0 saturated heterocycles. The fourth-order valence-electron chi connectivity index (χ4n) is 7.02. The molecule has 9 rings (SSSR count). The smallest absolute Gasteiger partial charge is 0.0468 e. The third kappa shape index (κ3) is 4.90. The Balaban J connectivity index is 1.15. The second-order valence-corrected chi connectivity index (χ2v) is 12.2. The first-order valence-electron chi connectivity index (χ1n) is 16.2. The van der Waals surface area contributed by atoms with Gasteiger partial charge < -0.3 is 4.90 Å². The summed E-state index contributed by atoms with van der Waals surface area (Å²) in [5.41, 5.74) is 8.25. The molecule has 0 amide bonds. The molecule has 0 aliphatic heterocycles. The fourth-order valence-corrected chi connectivity index (χ4v) is 7.02. The van der Waals surface area contributed by atoms with Gasteiger partial charge >= 0.3 is 0 Å². The minimum absolute atomic E-state index is 1.12. The predicted molar refractivity (Wildman–Crippen MR) is 202 cm³/mol. The minimum atomic E-state index is 1.12. The lowest BCUT2D eigenvalue weighted by Gasteiger charge is -2.26. The standard InChI is InChI=1S/C46H31N/c1-2-8-32(9-3-1)33-14-16-34(17-15-33)35-22-24-40(25-23-35)47(41-26-28-45-38(30-41)20-18-36-10-4-6-12-43(36)45)42-27-29-46-39(31-42)21-19-37-11-5-7-13-44(37)46/h1-31H. The SMILES string of the molecule is c1ccc(-c2ccc(-c3ccc(N(c4ccc5c(ccc6ccccc65)c4)c4ccc5c(ccc6ccccc65)c4)cc3)cc2)cc1. The molecular formula is C46H31N. The van der Waals surface area contributed by atoms with Gasteiger partial charge in [-0.15, -0.1) is 0 Å². The molecule has 1 nitrogen and oxygen atoms in total. The molecule has 0 radical (unpaired) electrons. The van der Waals surface area contributed by atoms with Crippen LogP contribution in [0.15, 0.2) is 188 Å². The summed E-state index contributed by atoms with van der Waals surface area (Å²) in [6, 6.07) is 68.3. The van der Waals surface area contributed by atoms with Crippen LogP contribution in [0.5, 0.6) is 0 Å². The van der Waals surface area contributed by atoms with E-state index in [-0.39, 0.29) is 0 Å². The van der Waals surface area contributed by atoms with Crippen molar-refractivity contribution in [2.45, 2.75) is 0 Å². The van der Waals surface area contributed by atoms with E-state index in [4.69, 9.17) is 0 Å². The molecule has 0 aliphatic carbocycles. The molecule has 220 valence electrons. The first-order valence-corrected chi connectivity index (χ1v) is 16.2. The lowest BCUT2D eigenvalue weighted by atomic mass is 9.99. The molecule has 0 aliphatic rings. The number of nitrogens with zero attached hydrogens (tertiary/aromatic N) is 1. The average Bonchev–Trinajstić information content (AvgIpc) is 3.15.